The van der Waals surface area contributed by atoms with E-state index in [1.807, 2.05) is 0 Å². The Hall–Kier alpha value is -4.10. The van der Waals surface area contributed by atoms with Crippen LogP contribution < -0.4 is 15.3 Å². The molecular weight excluding hydrogens is 450 g/mol. The van der Waals surface area contributed by atoms with Crippen LogP contribution in [0.2, 0.25) is 0 Å². The fourth-order valence-corrected chi connectivity index (χ4v) is 4.00. The van der Waals surface area contributed by atoms with Crippen LogP contribution in [0.25, 0.3) is 11.0 Å². The first-order valence-corrected chi connectivity index (χ1v) is 10.9. The minimum absolute atomic E-state index is 0.0365. The third-order valence-electron chi connectivity index (χ3n) is 4.59. The lowest BCUT2D eigenvalue weighted by molar-refractivity contribution is -0.991. The van der Waals surface area contributed by atoms with E-state index < -0.39 is 21.2 Å². The van der Waals surface area contributed by atoms with Crippen molar-refractivity contribution in [2.75, 3.05) is 10.0 Å². The lowest BCUT2D eigenvalue weighted by Crippen LogP contribution is -2.99. The predicted octanol–water partition coefficient (Wildman–Crippen LogP) is 2.28. The van der Waals surface area contributed by atoms with E-state index in [1.54, 1.807) is 30.3 Å². The molecule has 0 spiro atoms. The first-order chi connectivity index (χ1) is 15.7. The molecule has 11 nitrogen and oxygen atoms in total. The van der Waals surface area contributed by atoms with E-state index in [-0.39, 0.29) is 27.8 Å². The standard InChI is InChI=1S/C21H17N5O6S/c27-21(28)13-4-3-5-14(12-13)22-19-20(24-18-7-2-1-6-17(18)23-19)25-33(31,32)16-10-8-15(9-11-16)26(29)30/h1-12,26,29H,(H,22,23)(H,24,25)(H,27,28). The van der Waals surface area contributed by atoms with Crippen molar-refractivity contribution in [2.45, 2.75) is 4.90 Å². The molecule has 3 aromatic carbocycles. The van der Waals surface area contributed by atoms with Gasteiger partial charge in [0.2, 0.25) is 0 Å². The van der Waals surface area contributed by atoms with Gasteiger partial charge in [0.1, 0.15) is 0 Å². The topological polar surface area (TPSA) is 169 Å². The fraction of sp³-hybridized carbons (Fsp3) is 0. The molecule has 1 atom stereocenters. The first-order valence-electron chi connectivity index (χ1n) is 9.46. The second-order valence-corrected chi connectivity index (χ2v) is 8.54. The first kappa shape index (κ1) is 22.1. The van der Waals surface area contributed by atoms with E-state index in [0.717, 1.165) is 0 Å². The van der Waals surface area contributed by atoms with Gasteiger partial charge in [0.05, 0.1) is 21.5 Å². The van der Waals surface area contributed by atoms with Gasteiger partial charge in [-0.2, -0.15) is 5.23 Å². The number of nitrogens with one attached hydrogen (secondary N) is 3. The van der Waals surface area contributed by atoms with Crippen LogP contribution >= 0.6 is 0 Å². The van der Waals surface area contributed by atoms with Crippen molar-refractivity contribution in [1.82, 2.24) is 9.97 Å². The number of fused-ring (bicyclic) bond motifs is 1. The quantitative estimate of drug-likeness (QED) is 0.256. The van der Waals surface area contributed by atoms with Crippen molar-refractivity contribution < 1.29 is 28.8 Å². The Morgan fingerprint density at radius 2 is 1.55 bits per heavy atom. The smallest absolute Gasteiger partial charge is 0.335 e. The van der Waals surface area contributed by atoms with E-state index >= 15 is 0 Å². The highest BCUT2D eigenvalue weighted by Crippen LogP contribution is 2.27. The van der Waals surface area contributed by atoms with Gasteiger partial charge >= 0.3 is 5.97 Å². The molecule has 1 aromatic heterocycles. The molecule has 4 aromatic rings. The van der Waals surface area contributed by atoms with Gasteiger partial charge in [-0.3, -0.25) is 4.72 Å². The molecule has 0 fully saturated rings. The molecule has 5 N–H and O–H groups in total. The fourth-order valence-electron chi connectivity index (χ4n) is 2.99. The van der Waals surface area contributed by atoms with Crippen molar-refractivity contribution in [3.8, 4) is 0 Å². The van der Waals surface area contributed by atoms with Crippen LogP contribution in [0.3, 0.4) is 0 Å². The van der Waals surface area contributed by atoms with Crippen LogP contribution in [-0.2, 0) is 10.0 Å². The van der Waals surface area contributed by atoms with Crippen LogP contribution in [0.5, 0.6) is 0 Å². The number of hydrogen-bond donors (Lipinski definition) is 5. The summed E-state index contributed by atoms with van der Waals surface area (Å²) in [6, 6.07) is 17.5. The molecule has 0 radical (unpaired) electrons. The van der Waals surface area contributed by atoms with Crippen molar-refractivity contribution >= 4 is 50.0 Å². The summed E-state index contributed by atoms with van der Waals surface area (Å²) in [5, 5.41) is 31.0. The van der Waals surface area contributed by atoms with Gasteiger partial charge in [-0.1, -0.05) is 18.2 Å². The molecule has 4 rings (SSSR count). The van der Waals surface area contributed by atoms with E-state index in [0.29, 0.717) is 16.7 Å². The minimum atomic E-state index is -4.14. The van der Waals surface area contributed by atoms with Crippen LogP contribution in [0.4, 0.5) is 23.0 Å². The molecule has 1 heterocycles. The van der Waals surface area contributed by atoms with Gasteiger partial charge in [0.15, 0.2) is 17.3 Å². The third-order valence-corrected chi connectivity index (χ3v) is 5.94. The molecule has 0 aliphatic rings. The zero-order valence-corrected chi connectivity index (χ0v) is 17.6. The van der Waals surface area contributed by atoms with Gasteiger partial charge in [0.25, 0.3) is 10.0 Å². The lowest BCUT2D eigenvalue weighted by Gasteiger charge is -2.15. The highest BCUT2D eigenvalue weighted by Gasteiger charge is 2.20. The number of rotatable bonds is 7. The molecule has 33 heavy (non-hydrogen) atoms. The maximum Gasteiger partial charge on any atom is 0.335 e. The molecule has 0 amide bonds. The van der Waals surface area contributed by atoms with E-state index in [9.17, 15) is 23.5 Å². The number of carboxylic acid groups (broad SMARTS) is 1. The van der Waals surface area contributed by atoms with Crippen LogP contribution in [0, 0.1) is 5.21 Å². The highest BCUT2D eigenvalue weighted by molar-refractivity contribution is 7.92. The van der Waals surface area contributed by atoms with Gasteiger partial charge in [-0.25, -0.2) is 28.4 Å². The van der Waals surface area contributed by atoms with Crippen molar-refractivity contribution in [3.05, 3.63) is 83.6 Å². The van der Waals surface area contributed by atoms with Crippen LogP contribution in [0.1, 0.15) is 10.4 Å². The average molecular weight is 467 g/mol. The number of aromatic nitrogens is 2. The van der Waals surface area contributed by atoms with Crippen LogP contribution in [0.15, 0.2) is 77.7 Å². The third kappa shape index (κ3) is 4.88. The number of aromatic carboxylic acids is 1. The number of anilines is 3. The van der Waals surface area contributed by atoms with Gasteiger partial charge < -0.3 is 15.6 Å². The zero-order valence-electron chi connectivity index (χ0n) is 16.8. The monoisotopic (exact) mass is 467 g/mol. The molecule has 0 aliphatic carbocycles. The Morgan fingerprint density at radius 3 is 2.15 bits per heavy atom. The Kier molecular flexibility index (Phi) is 5.89. The molecular formula is C21H17N5O6S. The highest BCUT2D eigenvalue weighted by atomic mass is 32.2. The number of para-hydroxylation sites is 2. The molecule has 0 saturated carbocycles. The zero-order chi connectivity index (χ0) is 23.6. The second kappa shape index (κ2) is 8.80. The van der Waals surface area contributed by atoms with Gasteiger partial charge in [-0.15, -0.1) is 0 Å². The van der Waals surface area contributed by atoms with E-state index in [2.05, 4.69) is 20.0 Å². The summed E-state index contributed by atoms with van der Waals surface area (Å²) in [6.45, 7) is 0. The normalized spacial score (nSPS) is 12.3. The molecule has 0 aliphatic heterocycles. The van der Waals surface area contributed by atoms with Crippen molar-refractivity contribution in [3.63, 3.8) is 0 Å². The van der Waals surface area contributed by atoms with E-state index in [4.69, 9.17) is 5.21 Å². The van der Waals surface area contributed by atoms with E-state index in [1.165, 1.54) is 42.5 Å². The Bertz CT molecular complexity index is 1440. The maximum atomic E-state index is 12.9. The average Bonchev–Trinajstić information content (AvgIpc) is 2.79. The number of sulfonamides is 1. The van der Waals surface area contributed by atoms with Crippen molar-refractivity contribution in [2.24, 2.45) is 0 Å². The van der Waals surface area contributed by atoms with Gasteiger partial charge in [-0.05, 0) is 42.5 Å². The summed E-state index contributed by atoms with van der Waals surface area (Å²) in [5.74, 6) is -1.17. The predicted molar refractivity (Wildman–Crippen MR) is 119 cm³/mol. The Balaban J connectivity index is 1.74. The Labute approximate surface area is 187 Å². The molecule has 1 unspecified atom stereocenters. The number of quaternary nitrogens is 1. The molecule has 0 bridgehead atoms. The lowest BCUT2D eigenvalue weighted by atomic mass is 10.2. The molecule has 0 saturated heterocycles. The summed E-state index contributed by atoms with van der Waals surface area (Å²) in [7, 11) is -4.14. The van der Waals surface area contributed by atoms with Crippen molar-refractivity contribution in [1.29, 1.82) is 0 Å². The number of carboxylic acids is 1. The van der Waals surface area contributed by atoms with Gasteiger partial charge in [0, 0.05) is 17.8 Å². The number of hydrogen-bond acceptors (Lipinski definition) is 8. The largest absolute Gasteiger partial charge is 0.595 e. The number of nitrogens with zero attached hydrogens (tertiary/aromatic N) is 2. The number of carbonyl (C=O) groups is 1. The maximum absolute atomic E-state index is 12.9. The molecule has 168 valence electrons. The summed E-state index contributed by atoms with van der Waals surface area (Å²) >= 11 is 0. The summed E-state index contributed by atoms with van der Waals surface area (Å²) in [6.07, 6.45) is 0. The summed E-state index contributed by atoms with van der Waals surface area (Å²) in [5.41, 5.74) is 1.27. The summed E-state index contributed by atoms with van der Waals surface area (Å²) in [4.78, 5) is 19.9. The van der Waals surface area contributed by atoms with Crippen LogP contribution in [-0.4, -0.2) is 34.7 Å². The molecule has 12 heteroatoms. The summed E-state index contributed by atoms with van der Waals surface area (Å²) < 4.78 is 28.2. The Morgan fingerprint density at radius 1 is 0.909 bits per heavy atom. The second-order valence-electron chi connectivity index (χ2n) is 6.86. The minimum Gasteiger partial charge on any atom is -0.595 e. The SMILES string of the molecule is O=C(O)c1cccc(Nc2nc3ccccc3nc2NS(=O)(=O)c2ccc([NH+]([O-])O)cc2)c1. The number of benzene rings is 3.